The highest BCUT2D eigenvalue weighted by Crippen LogP contribution is 2.37. The van der Waals surface area contributed by atoms with Gasteiger partial charge in [0.1, 0.15) is 0 Å². The van der Waals surface area contributed by atoms with E-state index in [0.29, 0.717) is 0 Å². The summed E-state index contributed by atoms with van der Waals surface area (Å²) in [5.41, 5.74) is 2.30. The van der Waals surface area contributed by atoms with Crippen molar-refractivity contribution in [1.29, 1.82) is 0 Å². The van der Waals surface area contributed by atoms with E-state index in [4.69, 9.17) is 0 Å². The van der Waals surface area contributed by atoms with E-state index in [1.807, 2.05) is 12.1 Å². The second kappa shape index (κ2) is 6.61. The van der Waals surface area contributed by atoms with Crippen LogP contribution in [0.15, 0.2) is 60.7 Å². The third-order valence-corrected chi connectivity index (χ3v) is 4.26. The van der Waals surface area contributed by atoms with Gasteiger partial charge in [-0.25, -0.2) is 0 Å². The summed E-state index contributed by atoms with van der Waals surface area (Å²) in [6.07, 6.45) is 1.25. The molecule has 1 saturated heterocycles. The normalized spacial score (nSPS) is 28.7. The van der Waals surface area contributed by atoms with Gasteiger partial charge in [-0.15, -0.1) is 12.4 Å². The molecule has 21 heavy (non-hydrogen) atoms. The minimum atomic E-state index is -0.272. The average Bonchev–Trinajstić information content (AvgIpc) is 2.48. The topological polar surface area (TPSA) is 32.3 Å². The van der Waals surface area contributed by atoms with E-state index in [2.05, 4.69) is 60.8 Å². The monoisotopic (exact) mass is 303 g/mol. The third kappa shape index (κ3) is 3.46. The molecule has 3 heteroatoms. The minimum absolute atomic E-state index is 0. The molecule has 0 aliphatic carbocycles. The van der Waals surface area contributed by atoms with Crippen LogP contribution in [0.5, 0.6) is 0 Å². The molecule has 1 heterocycles. The molecular weight excluding hydrogens is 282 g/mol. The highest BCUT2D eigenvalue weighted by atomic mass is 35.5. The lowest BCUT2D eigenvalue weighted by Crippen LogP contribution is -2.49. The Morgan fingerprint density at radius 3 is 2.19 bits per heavy atom. The highest BCUT2D eigenvalue weighted by Gasteiger charge is 2.37. The number of aliphatic hydroxyl groups excluding tert-OH is 1. The number of rotatable bonds is 2. The van der Waals surface area contributed by atoms with E-state index < -0.39 is 0 Å². The van der Waals surface area contributed by atoms with Gasteiger partial charge in [0.05, 0.1) is 6.10 Å². The van der Waals surface area contributed by atoms with Crippen molar-refractivity contribution < 1.29 is 5.11 Å². The van der Waals surface area contributed by atoms with E-state index in [0.717, 1.165) is 12.8 Å². The maximum Gasteiger partial charge on any atom is 0.0579 e. The molecular formula is C18H22ClNO. The molecule has 0 amide bonds. The Kier molecular flexibility index (Phi) is 5.04. The van der Waals surface area contributed by atoms with Crippen LogP contribution in [-0.4, -0.2) is 11.2 Å². The Morgan fingerprint density at radius 2 is 1.57 bits per heavy atom. The number of aliphatic hydroxyl groups is 1. The molecule has 2 aromatic rings. The average molecular weight is 304 g/mol. The molecule has 2 N–H and O–H groups in total. The molecule has 0 bridgehead atoms. The molecule has 1 aliphatic rings. The molecule has 112 valence electrons. The van der Waals surface area contributed by atoms with Crippen molar-refractivity contribution >= 4 is 12.4 Å². The number of hydrogen-bond acceptors (Lipinski definition) is 2. The molecule has 0 radical (unpaired) electrons. The lowest BCUT2D eigenvalue weighted by molar-refractivity contribution is 0.0583. The predicted molar refractivity (Wildman–Crippen MR) is 88.6 cm³/mol. The zero-order valence-electron chi connectivity index (χ0n) is 12.2. The summed E-state index contributed by atoms with van der Waals surface area (Å²) in [5, 5.41) is 14.0. The lowest BCUT2D eigenvalue weighted by atomic mass is 9.79. The smallest absolute Gasteiger partial charge is 0.0579 e. The predicted octanol–water partition coefficient (Wildman–Crippen LogP) is 3.81. The molecule has 2 nitrogen and oxygen atoms in total. The van der Waals surface area contributed by atoms with E-state index in [-0.39, 0.29) is 30.1 Å². The molecule has 3 rings (SSSR count). The van der Waals surface area contributed by atoms with Crippen LogP contribution in [-0.2, 0) is 5.54 Å². The molecule has 0 spiro atoms. The standard InChI is InChI=1S/C18H21NO.ClH/c1-18(15-10-6-3-7-11-15)13-16(20)12-17(19-18)14-8-4-2-5-9-14;/h2-11,16-17,19-20H,12-13H2,1H3;1H. The summed E-state index contributed by atoms with van der Waals surface area (Å²) in [6.45, 7) is 2.18. The fourth-order valence-electron chi connectivity index (χ4n) is 3.24. The lowest BCUT2D eigenvalue weighted by Gasteiger charge is -2.43. The van der Waals surface area contributed by atoms with Gasteiger partial charge in [-0.2, -0.15) is 0 Å². The maximum absolute atomic E-state index is 10.3. The Labute approximate surface area is 132 Å². The van der Waals surface area contributed by atoms with Gasteiger partial charge in [0, 0.05) is 11.6 Å². The fourth-order valence-corrected chi connectivity index (χ4v) is 3.24. The summed E-state index contributed by atoms with van der Waals surface area (Å²) < 4.78 is 0. The van der Waals surface area contributed by atoms with Crippen molar-refractivity contribution in [1.82, 2.24) is 5.32 Å². The van der Waals surface area contributed by atoms with Crippen molar-refractivity contribution in [3.63, 3.8) is 0 Å². The van der Waals surface area contributed by atoms with Gasteiger partial charge in [0.15, 0.2) is 0 Å². The van der Waals surface area contributed by atoms with Crippen molar-refractivity contribution in [2.75, 3.05) is 0 Å². The second-order valence-corrected chi connectivity index (χ2v) is 5.90. The zero-order chi connectivity index (χ0) is 14.0. The van der Waals surface area contributed by atoms with E-state index in [1.54, 1.807) is 0 Å². The fraction of sp³-hybridized carbons (Fsp3) is 0.333. The number of hydrogen-bond donors (Lipinski definition) is 2. The van der Waals surface area contributed by atoms with Gasteiger partial charge >= 0.3 is 0 Å². The van der Waals surface area contributed by atoms with E-state index >= 15 is 0 Å². The number of piperidine rings is 1. The van der Waals surface area contributed by atoms with Crippen LogP contribution < -0.4 is 5.32 Å². The Hall–Kier alpha value is -1.35. The summed E-state index contributed by atoms with van der Waals surface area (Å²) >= 11 is 0. The van der Waals surface area contributed by atoms with Gasteiger partial charge in [0.2, 0.25) is 0 Å². The number of nitrogens with one attached hydrogen (secondary N) is 1. The maximum atomic E-state index is 10.3. The van der Waals surface area contributed by atoms with Crippen molar-refractivity contribution in [2.45, 2.75) is 37.5 Å². The SMILES string of the molecule is CC1(c2ccccc2)CC(O)CC(c2ccccc2)N1.Cl. The Balaban J connectivity index is 0.00000161. The van der Waals surface area contributed by atoms with Crippen molar-refractivity contribution in [2.24, 2.45) is 0 Å². The minimum Gasteiger partial charge on any atom is -0.393 e. The molecule has 0 saturated carbocycles. The Morgan fingerprint density at radius 1 is 1.00 bits per heavy atom. The molecule has 0 aromatic heterocycles. The zero-order valence-corrected chi connectivity index (χ0v) is 13.0. The van der Waals surface area contributed by atoms with Crippen LogP contribution >= 0.6 is 12.4 Å². The molecule has 1 aliphatic heterocycles. The van der Waals surface area contributed by atoms with E-state index in [1.165, 1.54) is 11.1 Å². The van der Waals surface area contributed by atoms with Crippen LogP contribution in [0.2, 0.25) is 0 Å². The summed E-state index contributed by atoms with van der Waals surface area (Å²) in [4.78, 5) is 0. The van der Waals surface area contributed by atoms with Crippen LogP contribution in [0.25, 0.3) is 0 Å². The van der Waals surface area contributed by atoms with Gasteiger partial charge in [-0.3, -0.25) is 0 Å². The first kappa shape index (κ1) is 16.0. The number of halogens is 1. The van der Waals surface area contributed by atoms with Crippen molar-refractivity contribution in [3.8, 4) is 0 Å². The summed E-state index contributed by atoms with van der Waals surface area (Å²) in [6, 6.07) is 21.0. The molecule has 3 atom stereocenters. The second-order valence-electron chi connectivity index (χ2n) is 5.90. The van der Waals surface area contributed by atoms with Gasteiger partial charge in [0.25, 0.3) is 0 Å². The van der Waals surface area contributed by atoms with Crippen molar-refractivity contribution in [3.05, 3.63) is 71.8 Å². The first-order valence-electron chi connectivity index (χ1n) is 7.24. The molecule has 2 aromatic carbocycles. The van der Waals surface area contributed by atoms with Crippen LogP contribution in [0.1, 0.15) is 36.9 Å². The molecule has 3 unspecified atom stereocenters. The van der Waals surface area contributed by atoms with Gasteiger partial charge < -0.3 is 10.4 Å². The largest absolute Gasteiger partial charge is 0.393 e. The first-order chi connectivity index (χ1) is 9.67. The summed E-state index contributed by atoms with van der Waals surface area (Å²) in [5.74, 6) is 0. The third-order valence-electron chi connectivity index (χ3n) is 4.26. The van der Waals surface area contributed by atoms with Crippen LogP contribution in [0, 0.1) is 0 Å². The summed E-state index contributed by atoms with van der Waals surface area (Å²) in [7, 11) is 0. The Bertz CT molecular complexity index is 560. The van der Waals surface area contributed by atoms with Gasteiger partial charge in [-0.05, 0) is 30.9 Å². The van der Waals surface area contributed by atoms with Crippen LogP contribution in [0.4, 0.5) is 0 Å². The van der Waals surface area contributed by atoms with Crippen LogP contribution in [0.3, 0.4) is 0 Å². The number of benzene rings is 2. The quantitative estimate of drug-likeness (QED) is 0.884. The first-order valence-corrected chi connectivity index (χ1v) is 7.24. The van der Waals surface area contributed by atoms with E-state index in [9.17, 15) is 5.11 Å². The highest BCUT2D eigenvalue weighted by molar-refractivity contribution is 5.85. The molecule has 1 fully saturated rings. The van der Waals surface area contributed by atoms with Gasteiger partial charge in [-0.1, -0.05) is 60.7 Å².